The van der Waals surface area contributed by atoms with Gasteiger partial charge in [0.25, 0.3) is 5.91 Å². The maximum Gasteiger partial charge on any atom is 0.258 e. The average molecular weight is 362 g/mol. The Labute approximate surface area is 160 Å². The Bertz CT molecular complexity index is 823. The van der Waals surface area contributed by atoms with E-state index in [-0.39, 0.29) is 17.7 Å². The van der Waals surface area contributed by atoms with Crippen molar-refractivity contribution in [2.24, 2.45) is 5.92 Å². The van der Waals surface area contributed by atoms with Crippen molar-refractivity contribution in [3.05, 3.63) is 59.7 Å². The number of para-hydroxylation sites is 1. The third kappa shape index (κ3) is 3.90. The minimum atomic E-state index is 0.0207. The summed E-state index contributed by atoms with van der Waals surface area (Å²) in [4.78, 5) is 27.2. The highest BCUT2D eigenvalue weighted by molar-refractivity contribution is 6.07. The van der Waals surface area contributed by atoms with E-state index in [0.717, 1.165) is 56.4 Å². The minimum Gasteiger partial charge on any atom is -0.326 e. The highest BCUT2D eigenvalue weighted by Gasteiger charge is 2.24. The summed E-state index contributed by atoms with van der Waals surface area (Å²) in [7, 11) is 0. The van der Waals surface area contributed by atoms with Crippen LogP contribution in [0.3, 0.4) is 0 Å². The van der Waals surface area contributed by atoms with E-state index in [0.29, 0.717) is 5.56 Å². The fourth-order valence-electron chi connectivity index (χ4n) is 4.21. The number of aryl methyl sites for hydroxylation is 1. The molecule has 2 aromatic carbocycles. The number of hydrogen-bond donors (Lipinski definition) is 1. The highest BCUT2D eigenvalue weighted by atomic mass is 16.2. The third-order valence-electron chi connectivity index (χ3n) is 5.73. The van der Waals surface area contributed by atoms with Crippen molar-refractivity contribution in [3.8, 4) is 0 Å². The van der Waals surface area contributed by atoms with Crippen LogP contribution in [0.4, 0.5) is 11.4 Å². The molecule has 1 N–H and O–H groups in total. The lowest BCUT2D eigenvalue weighted by atomic mass is 9.88. The molecule has 27 heavy (non-hydrogen) atoms. The molecule has 4 nitrogen and oxygen atoms in total. The summed E-state index contributed by atoms with van der Waals surface area (Å²) < 4.78 is 0. The zero-order chi connectivity index (χ0) is 18.6. The number of rotatable bonds is 3. The second kappa shape index (κ2) is 7.95. The van der Waals surface area contributed by atoms with Crippen molar-refractivity contribution < 1.29 is 9.59 Å². The van der Waals surface area contributed by atoms with Crippen LogP contribution in [0.5, 0.6) is 0 Å². The van der Waals surface area contributed by atoms with Gasteiger partial charge in [0.1, 0.15) is 0 Å². The number of fused-ring (bicyclic) bond motifs is 1. The van der Waals surface area contributed by atoms with Gasteiger partial charge in [0.2, 0.25) is 5.91 Å². The molecule has 2 amide bonds. The summed E-state index contributed by atoms with van der Waals surface area (Å²) >= 11 is 0. The van der Waals surface area contributed by atoms with E-state index >= 15 is 0 Å². The number of nitrogens with one attached hydrogen (secondary N) is 1. The molecule has 1 fully saturated rings. The average Bonchev–Trinajstić information content (AvgIpc) is 2.74. The van der Waals surface area contributed by atoms with Crippen LogP contribution >= 0.6 is 0 Å². The van der Waals surface area contributed by atoms with Gasteiger partial charge in [-0.25, -0.2) is 0 Å². The van der Waals surface area contributed by atoms with E-state index in [9.17, 15) is 9.59 Å². The Hall–Kier alpha value is -2.62. The Morgan fingerprint density at radius 3 is 2.41 bits per heavy atom. The molecule has 2 aromatic rings. The summed E-state index contributed by atoms with van der Waals surface area (Å²) in [5.74, 6) is 0.260. The quantitative estimate of drug-likeness (QED) is 0.853. The summed E-state index contributed by atoms with van der Waals surface area (Å²) in [5, 5.41) is 3.01. The number of carbonyl (C=O) groups excluding carboxylic acids is 2. The monoisotopic (exact) mass is 362 g/mol. The molecule has 0 radical (unpaired) electrons. The minimum absolute atomic E-state index is 0.0207. The van der Waals surface area contributed by atoms with Crippen molar-refractivity contribution >= 4 is 23.2 Å². The van der Waals surface area contributed by atoms with Crippen LogP contribution < -0.4 is 10.2 Å². The molecule has 1 aliphatic heterocycles. The second-order valence-corrected chi connectivity index (χ2v) is 7.59. The smallest absolute Gasteiger partial charge is 0.258 e. The molecule has 0 unspecified atom stereocenters. The van der Waals surface area contributed by atoms with Crippen LogP contribution in [0.25, 0.3) is 0 Å². The van der Waals surface area contributed by atoms with Crippen LogP contribution in [-0.4, -0.2) is 18.4 Å². The Morgan fingerprint density at radius 1 is 0.889 bits per heavy atom. The fourth-order valence-corrected chi connectivity index (χ4v) is 4.21. The number of nitrogens with zero attached hydrogens (tertiary/aromatic N) is 1. The second-order valence-electron chi connectivity index (χ2n) is 7.59. The number of benzene rings is 2. The molecule has 4 rings (SSSR count). The molecule has 0 atom stereocenters. The highest BCUT2D eigenvalue weighted by Crippen LogP contribution is 2.29. The third-order valence-corrected chi connectivity index (χ3v) is 5.73. The Kier molecular flexibility index (Phi) is 5.23. The van der Waals surface area contributed by atoms with Crippen molar-refractivity contribution in [1.82, 2.24) is 0 Å². The normalized spacial score (nSPS) is 17.3. The van der Waals surface area contributed by atoms with E-state index in [1.165, 1.54) is 12.0 Å². The first kappa shape index (κ1) is 17.8. The topological polar surface area (TPSA) is 49.4 Å². The van der Waals surface area contributed by atoms with Gasteiger partial charge in [-0.3, -0.25) is 9.59 Å². The first-order valence-electron chi connectivity index (χ1n) is 10.0. The maximum absolute atomic E-state index is 13.0. The van der Waals surface area contributed by atoms with Crippen molar-refractivity contribution in [3.63, 3.8) is 0 Å². The standard InChI is InChI=1S/C23H26N2O2/c26-22(18-8-2-1-3-9-18)24-20-14-12-19(13-15-20)23(27)25-16-6-10-17-7-4-5-11-21(17)25/h4-5,7,11-15,18H,1-3,6,8-10,16H2,(H,24,26). The van der Waals surface area contributed by atoms with Crippen molar-refractivity contribution in [1.29, 1.82) is 0 Å². The van der Waals surface area contributed by atoms with Crippen LogP contribution in [0.1, 0.15) is 54.4 Å². The van der Waals surface area contributed by atoms with E-state index in [1.807, 2.05) is 47.4 Å². The summed E-state index contributed by atoms with van der Waals surface area (Å²) in [6, 6.07) is 15.4. The molecule has 0 bridgehead atoms. The molecule has 1 aliphatic carbocycles. The molecular formula is C23H26N2O2. The lowest BCUT2D eigenvalue weighted by Crippen LogP contribution is -2.35. The molecule has 2 aliphatic rings. The molecular weight excluding hydrogens is 336 g/mol. The summed E-state index contributed by atoms with van der Waals surface area (Å²) in [5.41, 5.74) is 3.67. The van der Waals surface area contributed by atoms with Crippen molar-refractivity contribution in [2.45, 2.75) is 44.9 Å². The first-order chi connectivity index (χ1) is 13.2. The molecule has 0 saturated heterocycles. The zero-order valence-corrected chi connectivity index (χ0v) is 15.6. The molecule has 4 heteroatoms. The van der Waals surface area contributed by atoms with Gasteiger partial charge in [-0.2, -0.15) is 0 Å². The van der Waals surface area contributed by atoms with Gasteiger partial charge in [-0.15, -0.1) is 0 Å². The molecule has 1 heterocycles. The van der Waals surface area contributed by atoms with E-state index in [4.69, 9.17) is 0 Å². The predicted octanol–water partition coefficient (Wildman–Crippen LogP) is 4.80. The Balaban J connectivity index is 1.45. The SMILES string of the molecule is O=C(Nc1ccc(C(=O)N2CCCc3ccccc32)cc1)C1CCCCC1. The fraction of sp³-hybridized carbons (Fsp3) is 0.391. The van der Waals surface area contributed by atoms with E-state index < -0.39 is 0 Å². The zero-order valence-electron chi connectivity index (χ0n) is 15.6. The molecule has 0 spiro atoms. The van der Waals surface area contributed by atoms with Crippen LogP contribution in [0, 0.1) is 5.92 Å². The van der Waals surface area contributed by atoms with Crippen LogP contribution in [-0.2, 0) is 11.2 Å². The van der Waals surface area contributed by atoms with Gasteiger partial charge in [0.05, 0.1) is 0 Å². The van der Waals surface area contributed by atoms with Crippen LogP contribution in [0.15, 0.2) is 48.5 Å². The largest absolute Gasteiger partial charge is 0.326 e. The summed E-state index contributed by atoms with van der Waals surface area (Å²) in [6.45, 7) is 0.746. The van der Waals surface area contributed by atoms with Gasteiger partial charge in [-0.05, 0) is 61.6 Å². The number of hydrogen-bond acceptors (Lipinski definition) is 2. The summed E-state index contributed by atoms with van der Waals surface area (Å²) in [6.07, 6.45) is 7.49. The van der Waals surface area contributed by atoms with Gasteiger partial charge in [0.15, 0.2) is 0 Å². The Morgan fingerprint density at radius 2 is 1.63 bits per heavy atom. The molecule has 1 saturated carbocycles. The number of amides is 2. The maximum atomic E-state index is 13.0. The lowest BCUT2D eigenvalue weighted by molar-refractivity contribution is -0.120. The van der Waals surface area contributed by atoms with Crippen molar-refractivity contribution in [2.75, 3.05) is 16.8 Å². The molecule has 0 aromatic heterocycles. The van der Waals surface area contributed by atoms with Gasteiger partial charge in [0, 0.05) is 29.4 Å². The van der Waals surface area contributed by atoms with E-state index in [2.05, 4.69) is 11.4 Å². The lowest BCUT2D eigenvalue weighted by Gasteiger charge is -2.29. The van der Waals surface area contributed by atoms with Gasteiger partial charge >= 0.3 is 0 Å². The first-order valence-corrected chi connectivity index (χ1v) is 10.0. The van der Waals surface area contributed by atoms with Gasteiger partial charge < -0.3 is 10.2 Å². The number of anilines is 2. The van der Waals surface area contributed by atoms with Gasteiger partial charge in [-0.1, -0.05) is 37.5 Å². The predicted molar refractivity (Wildman–Crippen MR) is 108 cm³/mol. The van der Waals surface area contributed by atoms with E-state index in [1.54, 1.807) is 0 Å². The number of carbonyl (C=O) groups is 2. The van der Waals surface area contributed by atoms with Crippen LogP contribution in [0.2, 0.25) is 0 Å². The molecule has 140 valence electrons.